The van der Waals surface area contributed by atoms with E-state index in [2.05, 4.69) is 5.32 Å². The molecule has 3 aromatic rings. The second kappa shape index (κ2) is 14.3. The van der Waals surface area contributed by atoms with E-state index in [4.69, 9.17) is 11.6 Å². The highest BCUT2D eigenvalue weighted by Gasteiger charge is 2.31. The molecule has 3 rings (SSSR count). The summed E-state index contributed by atoms with van der Waals surface area (Å²) in [4.78, 5) is 28.7. The van der Waals surface area contributed by atoms with Crippen molar-refractivity contribution in [2.24, 2.45) is 0 Å². The average molecular weight is 588 g/mol. The smallest absolute Gasteiger partial charge is 0.243 e. The fraction of sp³-hybridized carbons (Fsp3) is 0.333. The van der Waals surface area contributed by atoms with Gasteiger partial charge in [-0.15, -0.1) is 0 Å². The van der Waals surface area contributed by atoms with Crippen molar-refractivity contribution in [1.82, 2.24) is 10.2 Å². The molecule has 2 amide bonds. The largest absolute Gasteiger partial charge is 0.352 e. The molecule has 1 N–H and O–H groups in total. The van der Waals surface area contributed by atoms with Crippen molar-refractivity contribution < 1.29 is 22.4 Å². The minimum Gasteiger partial charge on any atom is -0.352 e. The van der Waals surface area contributed by atoms with Gasteiger partial charge in [0.2, 0.25) is 21.8 Å². The van der Waals surface area contributed by atoms with E-state index in [-0.39, 0.29) is 55.9 Å². The van der Waals surface area contributed by atoms with Gasteiger partial charge in [0.1, 0.15) is 11.9 Å². The van der Waals surface area contributed by atoms with Crippen LogP contribution in [0, 0.1) is 5.82 Å². The standard InChI is InChI=1S/C30H35ClFN3O4S/c1-22(2)33-30(37)28(20-23-11-5-4-6-12-23)34(21-24-13-9-14-25(31)19-24)29(36)17-10-18-35(40(3,38)39)27-16-8-7-15-26(27)32/h4-9,11-16,19,22,28H,10,17-18,20-21H2,1-3H3,(H,33,37)/t28-/m0/s1. The molecule has 0 saturated carbocycles. The van der Waals surface area contributed by atoms with Crippen molar-refractivity contribution in [1.29, 1.82) is 0 Å². The van der Waals surface area contributed by atoms with Gasteiger partial charge in [-0.2, -0.15) is 0 Å². The van der Waals surface area contributed by atoms with Crippen molar-refractivity contribution in [3.05, 3.63) is 101 Å². The maximum atomic E-state index is 14.4. The van der Waals surface area contributed by atoms with Crippen LogP contribution in [0.5, 0.6) is 0 Å². The van der Waals surface area contributed by atoms with Crippen LogP contribution in [0.1, 0.15) is 37.8 Å². The fourth-order valence-corrected chi connectivity index (χ4v) is 5.58. The lowest BCUT2D eigenvalue weighted by Crippen LogP contribution is -2.51. The lowest BCUT2D eigenvalue weighted by Gasteiger charge is -2.32. The average Bonchev–Trinajstić information content (AvgIpc) is 2.88. The number of carbonyl (C=O) groups is 2. The lowest BCUT2D eigenvalue weighted by atomic mass is 10.0. The molecular formula is C30H35ClFN3O4S. The van der Waals surface area contributed by atoms with Gasteiger partial charge in [-0.3, -0.25) is 13.9 Å². The Labute approximate surface area is 241 Å². The zero-order valence-electron chi connectivity index (χ0n) is 22.9. The quantitative estimate of drug-likeness (QED) is 0.298. The summed E-state index contributed by atoms with van der Waals surface area (Å²) in [5, 5.41) is 3.43. The van der Waals surface area contributed by atoms with E-state index in [1.807, 2.05) is 50.2 Å². The van der Waals surface area contributed by atoms with Crippen LogP contribution >= 0.6 is 11.6 Å². The van der Waals surface area contributed by atoms with Crippen LogP contribution in [0.3, 0.4) is 0 Å². The van der Waals surface area contributed by atoms with Crippen LogP contribution in [0.4, 0.5) is 10.1 Å². The Morgan fingerprint density at radius 2 is 1.60 bits per heavy atom. The Balaban J connectivity index is 1.89. The van der Waals surface area contributed by atoms with Crippen molar-refractivity contribution in [3.63, 3.8) is 0 Å². The Morgan fingerprint density at radius 3 is 2.23 bits per heavy atom. The zero-order chi connectivity index (χ0) is 29.3. The Hall–Kier alpha value is -3.43. The van der Waals surface area contributed by atoms with Gasteiger partial charge in [0.15, 0.2) is 0 Å². The van der Waals surface area contributed by atoms with Gasteiger partial charge < -0.3 is 10.2 Å². The summed E-state index contributed by atoms with van der Waals surface area (Å²) in [6.45, 7) is 3.73. The summed E-state index contributed by atoms with van der Waals surface area (Å²) < 4.78 is 40.3. The third-order valence-corrected chi connectivity index (χ3v) is 7.63. The van der Waals surface area contributed by atoms with Gasteiger partial charge in [0.25, 0.3) is 0 Å². The monoisotopic (exact) mass is 587 g/mol. The summed E-state index contributed by atoms with van der Waals surface area (Å²) in [5.41, 5.74) is 1.56. The normalized spacial score (nSPS) is 12.2. The van der Waals surface area contributed by atoms with Gasteiger partial charge in [-0.1, -0.05) is 66.2 Å². The number of halogens is 2. The number of para-hydroxylation sites is 1. The zero-order valence-corrected chi connectivity index (χ0v) is 24.5. The van der Waals surface area contributed by atoms with E-state index in [1.54, 1.807) is 24.3 Å². The molecule has 0 aliphatic heterocycles. The van der Waals surface area contributed by atoms with Gasteiger partial charge in [-0.05, 0) is 55.7 Å². The lowest BCUT2D eigenvalue weighted by molar-refractivity contribution is -0.141. The number of amides is 2. The number of nitrogens with zero attached hydrogens (tertiary/aromatic N) is 2. The van der Waals surface area contributed by atoms with Crippen LogP contribution in [-0.2, 0) is 32.6 Å². The number of nitrogens with one attached hydrogen (secondary N) is 1. The number of benzene rings is 3. The molecular weight excluding hydrogens is 553 g/mol. The summed E-state index contributed by atoms with van der Waals surface area (Å²) in [7, 11) is -3.81. The molecule has 0 bridgehead atoms. The molecule has 10 heteroatoms. The molecule has 0 aliphatic rings. The third kappa shape index (κ3) is 9.06. The molecule has 214 valence electrons. The van der Waals surface area contributed by atoms with Crippen molar-refractivity contribution in [3.8, 4) is 0 Å². The van der Waals surface area contributed by atoms with Crippen LogP contribution in [0.15, 0.2) is 78.9 Å². The van der Waals surface area contributed by atoms with Crippen LogP contribution in [-0.4, -0.2) is 50.0 Å². The van der Waals surface area contributed by atoms with Crippen LogP contribution < -0.4 is 9.62 Å². The summed E-state index contributed by atoms with van der Waals surface area (Å²) in [5.74, 6) is -1.30. The fourth-order valence-electron chi connectivity index (χ4n) is 4.40. The first-order valence-corrected chi connectivity index (χ1v) is 15.3. The van der Waals surface area contributed by atoms with Crippen LogP contribution in [0.25, 0.3) is 0 Å². The molecule has 0 saturated heterocycles. The highest BCUT2D eigenvalue weighted by Crippen LogP contribution is 2.23. The molecule has 0 spiro atoms. The second-order valence-electron chi connectivity index (χ2n) is 9.91. The van der Waals surface area contributed by atoms with Crippen molar-refractivity contribution in [2.75, 3.05) is 17.1 Å². The second-order valence-corrected chi connectivity index (χ2v) is 12.3. The van der Waals surface area contributed by atoms with Gasteiger partial charge >= 0.3 is 0 Å². The molecule has 0 aromatic heterocycles. The number of hydrogen-bond acceptors (Lipinski definition) is 4. The molecule has 3 aromatic carbocycles. The first-order chi connectivity index (χ1) is 19.0. The summed E-state index contributed by atoms with van der Waals surface area (Å²) >= 11 is 6.20. The molecule has 0 heterocycles. The van der Waals surface area contributed by atoms with Crippen molar-refractivity contribution >= 4 is 39.1 Å². The van der Waals surface area contributed by atoms with Gasteiger partial charge in [0.05, 0.1) is 11.9 Å². The highest BCUT2D eigenvalue weighted by atomic mass is 35.5. The number of hydrogen-bond donors (Lipinski definition) is 1. The first kappa shape index (κ1) is 31.1. The summed E-state index contributed by atoms with van der Waals surface area (Å²) in [6, 6.07) is 21.1. The predicted octanol–water partition coefficient (Wildman–Crippen LogP) is 5.19. The summed E-state index contributed by atoms with van der Waals surface area (Å²) in [6.07, 6.45) is 1.35. The number of rotatable bonds is 13. The topological polar surface area (TPSA) is 86.8 Å². The molecule has 0 fully saturated rings. The molecule has 40 heavy (non-hydrogen) atoms. The highest BCUT2D eigenvalue weighted by molar-refractivity contribution is 7.92. The Bertz CT molecular complexity index is 1400. The number of carbonyl (C=O) groups excluding carboxylic acids is 2. The molecule has 1 atom stereocenters. The molecule has 0 aliphatic carbocycles. The van der Waals surface area contributed by atoms with Gasteiger partial charge in [-0.25, -0.2) is 12.8 Å². The SMILES string of the molecule is CC(C)NC(=O)[C@H](Cc1ccccc1)N(Cc1cccc(Cl)c1)C(=O)CCCN(c1ccccc1F)S(C)(=O)=O. The first-order valence-electron chi connectivity index (χ1n) is 13.1. The van der Waals surface area contributed by atoms with E-state index in [0.29, 0.717) is 5.02 Å². The molecule has 0 unspecified atom stereocenters. The minimum atomic E-state index is -3.81. The molecule has 7 nitrogen and oxygen atoms in total. The Morgan fingerprint density at radius 1 is 0.950 bits per heavy atom. The van der Waals surface area contributed by atoms with E-state index in [1.165, 1.54) is 23.1 Å². The number of sulfonamides is 1. The van der Waals surface area contributed by atoms with E-state index in [0.717, 1.165) is 21.7 Å². The van der Waals surface area contributed by atoms with E-state index >= 15 is 0 Å². The maximum Gasteiger partial charge on any atom is 0.243 e. The van der Waals surface area contributed by atoms with Gasteiger partial charge in [0, 0.05) is 37.0 Å². The maximum absolute atomic E-state index is 14.4. The minimum absolute atomic E-state index is 0.0543. The third-order valence-electron chi connectivity index (χ3n) is 6.22. The predicted molar refractivity (Wildman–Crippen MR) is 157 cm³/mol. The van der Waals surface area contributed by atoms with Crippen LogP contribution in [0.2, 0.25) is 5.02 Å². The number of anilines is 1. The van der Waals surface area contributed by atoms with Crippen molar-refractivity contribution in [2.45, 2.75) is 51.7 Å². The van der Waals surface area contributed by atoms with E-state index < -0.39 is 21.9 Å². The molecule has 0 radical (unpaired) electrons. The van der Waals surface area contributed by atoms with E-state index in [9.17, 15) is 22.4 Å². The Kier molecular flexibility index (Phi) is 11.1.